The summed E-state index contributed by atoms with van der Waals surface area (Å²) in [6.45, 7) is 7.71. The molecule has 4 aromatic rings. The second-order valence-corrected chi connectivity index (χ2v) is 11.5. The number of anilines is 2. The minimum Gasteiger partial charge on any atom is -0.477 e. The molecule has 6 heterocycles. The average Bonchev–Trinajstić information content (AvgIpc) is 3.72. The third kappa shape index (κ3) is 3.86. The summed E-state index contributed by atoms with van der Waals surface area (Å²) in [5.74, 6) is 0.849. The van der Waals surface area contributed by atoms with Crippen molar-refractivity contribution in [2.75, 3.05) is 36.5 Å². The first kappa shape index (κ1) is 24.1. The number of benzene rings is 1. The van der Waals surface area contributed by atoms with Gasteiger partial charge >= 0.3 is 5.97 Å². The molecule has 4 aliphatic rings. The first-order valence-electron chi connectivity index (χ1n) is 13.6. The lowest BCUT2D eigenvalue weighted by Crippen LogP contribution is -2.49. The number of carboxylic acids is 1. The Kier molecular flexibility index (Phi) is 5.42. The minimum atomic E-state index is -1.04. The lowest BCUT2D eigenvalue weighted by Gasteiger charge is -2.43. The number of hydrogen-bond acceptors (Lipinski definition) is 7. The normalized spacial score (nSPS) is 27.6. The number of nitrogens with zero attached hydrogens (tertiary/aromatic N) is 5. The highest BCUT2D eigenvalue weighted by molar-refractivity contribution is 5.85. The third-order valence-electron chi connectivity index (χ3n) is 9.05. The average molecular weight is 525 g/mol. The molecule has 1 aromatic carbocycles. The molecule has 0 radical (unpaired) electrons. The molecule has 4 atom stereocenters. The standard InChI is InChI=1S/C30H32N6O3/c1-19-13-22(35-12-11-29(2,18-35)21-7-4-3-5-8-21)16-36-26(19)33-28(34-36)30-14-20(17-39-30)23(30)15-31-25-10-6-9-24(32-25)27(37)38/h3-10,13,16,20,23H,11-12,14-15,17-18H2,1-2H3,(H,31,32)(H,37,38)/t20?,23?,29-,30?/m0/s1. The number of hydrogen-bond donors (Lipinski definition) is 2. The van der Waals surface area contributed by atoms with E-state index in [1.165, 1.54) is 11.6 Å². The highest BCUT2D eigenvalue weighted by Crippen LogP contribution is 2.58. The van der Waals surface area contributed by atoms with Crippen LogP contribution in [0.1, 0.15) is 47.2 Å². The zero-order chi connectivity index (χ0) is 26.8. The molecule has 9 heteroatoms. The van der Waals surface area contributed by atoms with Crippen molar-refractivity contribution in [3.05, 3.63) is 83.4 Å². The van der Waals surface area contributed by atoms with Crippen LogP contribution < -0.4 is 10.2 Å². The summed E-state index contributed by atoms with van der Waals surface area (Å²) < 4.78 is 8.26. The Morgan fingerprint density at radius 1 is 1.18 bits per heavy atom. The quantitative estimate of drug-likeness (QED) is 0.369. The molecule has 2 bridgehead atoms. The van der Waals surface area contributed by atoms with Crippen LogP contribution in [-0.4, -0.2) is 56.9 Å². The number of fused-ring (bicyclic) bond motifs is 2. The summed E-state index contributed by atoms with van der Waals surface area (Å²) in [5.41, 5.74) is 4.11. The van der Waals surface area contributed by atoms with Gasteiger partial charge in [0.25, 0.3) is 0 Å². The van der Waals surface area contributed by atoms with E-state index in [0.29, 0.717) is 24.9 Å². The summed E-state index contributed by atoms with van der Waals surface area (Å²) in [5, 5.41) is 17.5. The number of aromatic carboxylic acids is 1. The largest absolute Gasteiger partial charge is 0.477 e. The third-order valence-corrected chi connectivity index (χ3v) is 9.05. The fourth-order valence-corrected chi connectivity index (χ4v) is 6.76. The smallest absolute Gasteiger partial charge is 0.354 e. The predicted octanol–water partition coefficient (Wildman–Crippen LogP) is 4.27. The number of pyridine rings is 2. The Hall–Kier alpha value is -3.98. The predicted molar refractivity (Wildman–Crippen MR) is 147 cm³/mol. The van der Waals surface area contributed by atoms with Crippen molar-refractivity contribution in [1.82, 2.24) is 19.6 Å². The van der Waals surface area contributed by atoms with Crippen molar-refractivity contribution in [3.8, 4) is 0 Å². The van der Waals surface area contributed by atoms with E-state index >= 15 is 0 Å². The number of carbonyl (C=O) groups is 1. The summed E-state index contributed by atoms with van der Waals surface area (Å²) >= 11 is 0. The molecule has 39 heavy (non-hydrogen) atoms. The van der Waals surface area contributed by atoms with Crippen molar-refractivity contribution in [2.24, 2.45) is 11.8 Å². The molecule has 9 nitrogen and oxygen atoms in total. The molecule has 3 aromatic heterocycles. The molecule has 8 rings (SSSR count). The van der Waals surface area contributed by atoms with E-state index < -0.39 is 11.6 Å². The molecule has 0 spiro atoms. The topological polar surface area (TPSA) is 105 Å². The van der Waals surface area contributed by atoms with Gasteiger partial charge in [0.05, 0.1) is 18.5 Å². The molecule has 3 saturated heterocycles. The van der Waals surface area contributed by atoms with Crippen LogP contribution in [0.3, 0.4) is 0 Å². The Bertz CT molecular complexity index is 1570. The first-order chi connectivity index (χ1) is 18.8. The minimum absolute atomic E-state index is 0.0259. The van der Waals surface area contributed by atoms with Crippen molar-refractivity contribution >= 4 is 23.1 Å². The van der Waals surface area contributed by atoms with Crippen LogP contribution in [-0.2, 0) is 15.8 Å². The SMILES string of the molecule is Cc1cc(N2CC[C@](C)(c3ccccc3)C2)cn2nc(C34CC(CO3)C4CNc3cccc(C(=O)O)n3)nc12. The van der Waals surface area contributed by atoms with Crippen molar-refractivity contribution in [2.45, 2.75) is 37.7 Å². The molecular weight excluding hydrogens is 492 g/mol. The van der Waals surface area contributed by atoms with Crippen LogP contribution >= 0.6 is 0 Å². The number of aromatic nitrogens is 4. The van der Waals surface area contributed by atoms with Gasteiger partial charge in [-0.05, 0) is 55.0 Å². The number of ether oxygens (including phenoxy) is 1. The van der Waals surface area contributed by atoms with Crippen LogP contribution in [0.4, 0.5) is 11.5 Å². The van der Waals surface area contributed by atoms with Gasteiger partial charge in [-0.3, -0.25) is 0 Å². The van der Waals surface area contributed by atoms with E-state index in [1.54, 1.807) is 12.1 Å². The summed E-state index contributed by atoms with van der Waals surface area (Å²) in [4.78, 5) is 22.9. The molecule has 4 fully saturated rings. The summed E-state index contributed by atoms with van der Waals surface area (Å²) in [6, 6.07) is 18.0. The molecule has 200 valence electrons. The maximum atomic E-state index is 11.3. The fourth-order valence-electron chi connectivity index (χ4n) is 6.76. The number of rotatable bonds is 7. The Labute approximate surface area is 226 Å². The van der Waals surface area contributed by atoms with Gasteiger partial charge in [0.2, 0.25) is 0 Å². The van der Waals surface area contributed by atoms with Gasteiger partial charge in [-0.25, -0.2) is 19.3 Å². The Morgan fingerprint density at radius 3 is 2.82 bits per heavy atom. The van der Waals surface area contributed by atoms with E-state index in [1.807, 2.05) is 4.52 Å². The molecular formula is C30H32N6O3. The van der Waals surface area contributed by atoms with E-state index in [9.17, 15) is 9.90 Å². The fraction of sp³-hybridized carbons (Fsp3) is 0.400. The first-order valence-corrected chi connectivity index (χ1v) is 13.6. The molecule has 2 N–H and O–H groups in total. The number of nitrogens with one attached hydrogen (secondary N) is 1. The molecule has 1 saturated carbocycles. The van der Waals surface area contributed by atoms with Gasteiger partial charge in [0.15, 0.2) is 17.2 Å². The van der Waals surface area contributed by atoms with E-state index in [-0.39, 0.29) is 17.0 Å². The van der Waals surface area contributed by atoms with Crippen LogP contribution in [0.25, 0.3) is 5.65 Å². The van der Waals surface area contributed by atoms with Crippen LogP contribution in [0.15, 0.2) is 60.8 Å². The second-order valence-electron chi connectivity index (χ2n) is 11.5. The van der Waals surface area contributed by atoms with Crippen molar-refractivity contribution in [1.29, 1.82) is 0 Å². The monoisotopic (exact) mass is 524 g/mol. The summed E-state index contributed by atoms with van der Waals surface area (Å²) in [7, 11) is 0. The van der Waals surface area contributed by atoms with Crippen LogP contribution in [0, 0.1) is 18.8 Å². The van der Waals surface area contributed by atoms with Crippen LogP contribution in [0.5, 0.6) is 0 Å². The molecule has 0 amide bonds. The second kappa shape index (κ2) is 8.77. The van der Waals surface area contributed by atoms with Crippen molar-refractivity contribution < 1.29 is 14.6 Å². The highest BCUT2D eigenvalue weighted by atomic mass is 16.5. The van der Waals surface area contributed by atoms with Gasteiger partial charge < -0.3 is 20.1 Å². The number of carboxylic acid groups (broad SMARTS) is 1. The van der Waals surface area contributed by atoms with Gasteiger partial charge in [-0.1, -0.05) is 43.3 Å². The van der Waals surface area contributed by atoms with Gasteiger partial charge in [-0.15, -0.1) is 5.10 Å². The van der Waals surface area contributed by atoms with E-state index in [2.05, 4.69) is 71.6 Å². The molecule has 1 aliphatic carbocycles. The lowest BCUT2D eigenvalue weighted by molar-refractivity contribution is -0.0591. The zero-order valence-corrected chi connectivity index (χ0v) is 22.2. The van der Waals surface area contributed by atoms with E-state index in [4.69, 9.17) is 14.8 Å². The Morgan fingerprint density at radius 2 is 2.03 bits per heavy atom. The molecule has 3 unspecified atom stereocenters. The highest BCUT2D eigenvalue weighted by Gasteiger charge is 2.63. The maximum absolute atomic E-state index is 11.3. The lowest BCUT2D eigenvalue weighted by atomic mass is 9.63. The van der Waals surface area contributed by atoms with Gasteiger partial charge in [-0.2, -0.15) is 0 Å². The van der Waals surface area contributed by atoms with Crippen molar-refractivity contribution in [3.63, 3.8) is 0 Å². The number of aryl methyl sites for hydroxylation is 1. The van der Waals surface area contributed by atoms with E-state index in [0.717, 1.165) is 48.7 Å². The van der Waals surface area contributed by atoms with Crippen LogP contribution in [0.2, 0.25) is 0 Å². The van der Waals surface area contributed by atoms with Gasteiger partial charge in [0, 0.05) is 31.0 Å². The van der Waals surface area contributed by atoms with Gasteiger partial charge in [0.1, 0.15) is 11.4 Å². The summed E-state index contributed by atoms with van der Waals surface area (Å²) in [6.07, 6.45) is 4.10. The Balaban J connectivity index is 1.13. The molecule has 3 aliphatic heterocycles. The maximum Gasteiger partial charge on any atom is 0.354 e. The zero-order valence-electron chi connectivity index (χ0n) is 22.2.